The zero-order valence-electron chi connectivity index (χ0n) is 30.2. The van der Waals surface area contributed by atoms with Gasteiger partial charge in [0.05, 0.1) is 17.6 Å². The molecule has 5 aromatic rings. The van der Waals surface area contributed by atoms with Gasteiger partial charge in [0.15, 0.2) is 0 Å². The maximum atomic E-state index is 15.0. The zero-order valence-corrected chi connectivity index (χ0v) is 31.0. The molecule has 3 aromatic carbocycles. The van der Waals surface area contributed by atoms with Gasteiger partial charge in [0.25, 0.3) is 5.56 Å². The Bertz CT molecular complexity index is 2180. The van der Waals surface area contributed by atoms with Crippen molar-refractivity contribution in [1.82, 2.24) is 24.7 Å². The lowest BCUT2D eigenvalue weighted by atomic mass is 10.1. The van der Waals surface area contributed by atoms with Crippen molar-refractivity contribution in [3.05, 3.63) is 116 Å². The molecule has 0 saturated heterocycles. The molecule has 0 fully saturated rings. The number of halogens is 2. The molecule has 54 heavy (non-hydrogen) atoms. The highest BCUT2D eigenvalue weighted by atomic mass is 32.1. The molecule has 0 aliphatic carbocycles. The fraction of sp³-hybridized carbons (Fsp3) is 0.289. The number of nitrogens with one attached hydrogen (secondary N) is 3. The van der Waals surface area contributed by atoms with Gasteiger partial charge in [-0.2, -0.15) is 0 Å². The molecular formula is C38H43F2N7O6S. The van der Waals surface area contributed by atoms with Gasteiger partial charge in [-0.25, -0.2) is 22.9 Å². The van der Waals surface area contributed by atoms with Crippen LogP contribution in [0.15, 0.2) is 82.4 Å². The van der Waals surface area contributed by atoms with Crippen LogP contribution in [0.25, 0.3) is 26.3 Å². The van der Waals surface area contributed by atoms with Gasteiger partial charge in [-0.3, -0.25) is 19.0 Å². The Balaban J connectivity index is 0.000000845. The summed E-state index contributed by atoms with van der Waals surface area (Å²) in [6.07, 6.45) is 0.770. The minimum Gasteiger partial charge on any atom is -0.396 e. The van der Waals surface area contributed by atoms with Crippen LogP contribution < -0.4 is 32.9 Å². The molecule has 0 saturated carbocycles. The van der Waals surface area contributed by atoms with Crippen LogP contribution >= 0.6 is 11.3 Å². The SMILES string of the molecule is CCNC(=O)Nc1ccc(-c2sc3c(c2CN(C)CCNC(C)=O)c(=O)n(-c2ccccc2)c(=O)n3Cc2c(F)cccc2F)cc1.NC(=O)CCCO. The van der Waals surface area contributed by atoms with Crippen LogP contribution in [0.5, 0.6) is 0 Å². The molecule has 13 nitrogen and oxygen atoms in total. The molecule has 0 spiro atoms. The molecule has 0 aliphatic heterocycles. The first kappa shape index (κ1) is 41.1. The van der Waals surface area contributed by atoms with Crippen molar-refractivity contribution in [2.24, 2.45) is 5.73 Å². The van der Waals surface area contributed by atoms with E-state index in [2.05, 4.69) is 16.0 Å². The summed E-state index contributed by atoms with van der Waals surface area (Å²) in [7, 11) is 1.84. The number of carbonyl (C=O) groups excluding carboxylic acids is 3. The number of hydrogen-bond acceptors (Lipinski definition) is 8. The summed E-state index contributed by atoms with van der Waals surface area (Å²) in [5.74, 6) is -2.15. The molecule has 2 heterocycles. The predicted molar refractivity (Wildman–Crippen MR) is 206 cm³/mol. The number of nitrogens with zero attached hydrogens (tertiary/aromatic N) is 3. The first-order valence-corrected chi connectivity index (χ1v) is 17.9. The van der Waals surface area contributed by atoms with Crippen molar-refractivity contribution in [1.29, 1.82) is 0 Å². The van der Waals surface area contributed by atoms with E-state index in [-0.39, 0.29) is 53.2 Å². The summed E-state index contributed by atoms with van der Waals surface area (Å²) in [6, 6.07) is 18.6. The van der Waals surface area contributed by atoms with Crippen molar-refractivity contribution in [2.75, 3.05) is 38.6 Å². The van der Waals surface area contributed by atoms with Gasteiger partial charge in [-0.05, 0) is 67.9 Å². The summed E-state index contributed by atoms with van der Waals surface area (Å²) in [5, 5.41) is 16.5. The Hall–Kier alpha value is -5.71. The lowest BCUT2D eigenvalue weighted by Gasteiger charge is -2.18. The standard InChI is InChI=1S/C34H34F2N6O4S.C4H9NO2/c1-4-37-33(45)39-23-15-13-22(14-16-23)30-26(19-40(3)18-17-38-21(2)43)29-31(44)42(24-9-6-5-7-10-24)34(46)41(32(29)47-30)20-25-27(35)11-8-12-28(25)36;5-4(7)2-1-3-6/h5-16H,4,17-20H2,1-3H3,(H,38,43)(H2,37,39,45);6H,1-3H2,(H2,5,7). The average molecular weight is 764 g/mol. The van der Waals surface area contributed by atoms with Crippen LogP contribution in [-0.2, 0) is 22.7 Å². The largest absolute Gasteiger partial charge is 0.396 e. The first-order valence-electron chi connectivity index (χ1n) is 17.1. The smallest absolute Gasteiger partial charge is 0.337 e. The number of hydrogen-bond donors (Lipinski definition) is 5. The van der Waals surface area contributed by atoms with Crippen LogP contribution in [0.3, 0.4) is 0 Å². The van der Waals surface area contributed by atoms with Crippen molar-refractivity contribution in [3.63, 3.8) is 0 Å². The summed E-state index contributed by atoms with van der Waals surface area (Å²) < 4.78 is 32.2. The first-order chi connectivity index (χ1) is 25.9. The maximum Gasteiger partial charge on any atom is 0.337 e. The van der Waals surface area contributed by atoms with Crippen molar-refractivity contribution < 1.29 is 28.3 Å². The molecule has 5 rings (SSSR count). The third kappa shape index (κ3) is 10.5. The minimum absolute atomic E-state index is 0.0446. The molecule has 0 bridgehead atoms. The highest BCUT2D eigenvalue weighted by Crippen LogP contribution is 2.38. The van der Waals surface area contributed by atoms with E-state index < -0.39 is 29.4 Å². The highest BCUT2D eigenvalue weighted by Gasteiger charge is 2.25. The number of fused-ring (bicyclic) bond motifs is 1. The Morgan fingerprint density at radius 3 is 2.17 bits per heavy atom. The van der Waals surface area contributed by atoms with E-state index in [0.29, 0.717) is 53.4 Å². The molecule has 0 aliphatic rings. The third-order valence-electron chi connectivity index (χ3n) is 8.08. The molecule has 286 valence electrons. The predicted octanol–water partition coefficient (Wildman–Crippen LogP) is 4.16. The van der Waals surface area contributed by atoms with Crippen molar-refractivity contribution >= 4 is 45.1 Å². The monoisotopic (exact) mass is 763 g/mol. The van der Waals surface area contributed by atoms with Gasteiger partial charge in [0.2, 0.25) is 11.8 Å². The van der Waals surface area contributed by atoms with Crippen LogP contribution in [0.2, 0.25) is 0 Å². The quantitative estimate of drug-likeness (QED) is 0.113. The second kappa shape index (κ2) is 19.4. The molecule has 0 radical (unpaired) electrons. The van der Waals surface area contributed by atoms with Gasteiger partial charge in [-0.15, -0.1) is 11.3 Å². The Morgan fingerprint density at radius 2 is 1.59 bits per heavy atom. The van der Waals surface area contributed by atoms with Crippen molar-refractivity contribution in [3.8, 4) is 16.1 Å². The van der Waals surface area contributed by atoms with Gasteiger partial charge in [-0.1, -0.05) is 36.4 Å². The second-order valence-corrected chi connectivity index (χ2v) is 13.2. The van der Waals surface area contributed by atoms with Gasteiger partial charge in [0, 0.05) is 62.3 Å². The van der Waals surface area contributed by atoms with Crippen LogP contribution in [-0.4, -0.2) is 70.3 Å². The fourth-order valence-corrected chi connectivity index (χ4v) is 6.81. The topological polar surface area (TPSA) is 181 Å². The number of aliphatic hydroxyl groups excluding tert-OH is 1. The summed E-state index contributed by atoms with van der Waals surface area (Å²) >= 11 is 1.17. The van der Waals surface area contributed by atoms with E-state index >= 15 is 0 Å². The molecule has 6 N–H and O–H groups in total. The van der Waals surface area contributed by atoms with E-state index in [1.807, 2.05) is 18.9 Å². The lowest BCUT2D eigenvalue weighted by molar-refractivity contribution is -0.119. The average Bonchev–Trinajstić information content (AvgIpc) is 3.50. The molecule has 0 atom stereocenters. The molecule has 4 amide bonds. The van der Waals surface area contributed by atoms with Crippen molar-refractivity contribution in [2.45, 2.75) is 39.8 Å². The Morgan fingerprint density at radius 1 is 0.926 bits per heavy atom. The van der Waals surface area contributed by atoms with Crippen LogP contribution in [0.1, 0.15) is 37.8 Å². The Kier molecular flexibility index (Phi) is 14.7. The highest BCUT2D eigenvalue weighted by molar-refractivity contribution is 7.22. The maximum absolute atomic E-state index is 15.0. The van der Waals surface area contributed by atoms with Crippen LogP contribution in [0, 0.1) is 11.6 Å². The van der Waals surface area contributed by atoms with Gasteiger partial charge in [0.1, 0.15) is 16.5 Å². The molecule has 2 aromatic heterocycles. The Labute approximate surface area is 314 Å². The van der Waals surface area contributed by atoms with Gasteiger partial charge >= 0.3 is 11.7 Å². The number of thiophene rings is 1. The van der Waals surface area contributed by atoms with E-state index in [1.54, 1.807) is 54.6 Å². The van der Waals surface area contributed by atoms with E-state index in [1.165, 1.54) is 28.9 Å². The minimum atomic E-state index is -0.813. The number of primary amides is 1. The molecule has 16 heteroatoms. The fourth-order valence-electron chi connectivity index (χ4n) is 5.50. The summed E-state index contributed by atoms with van der Waals surface area (Å²) in [5.41, 5.74) is 5.29. The third-order valence-corrected chi connectivity index (χ3v) is 9.39. The number of likely N-dealkylation sites (N-methyl/N-ethyl adjacent to an activating group) is 1. The number of para-hydroxylation sites is 1. The molecule has 0 unspecified atom stereocenters. The van der Waals surface area contributed by atoms with E-state index in [0.717, 1.165) is 16.7 Å². The summed E-state index contributed by atoms with van der Waals surface area (Å²) in [4.78, 5) is 64.7. The number of nitrogens with two attached hydrogens (primary N) is 1. The second-order valence-electron chi connectivity index (χ2n) is 12.2. The van der Waals surface area contributed by atoms with E-state index in [4.69, 9.17) is 10.8 Å². The number of urea groups is 1. The summed E-state index contributed by atoms with van der Waals surface area (Å²) in [6.45, 7) is 4.38. The number of benzene rings is 3. The van der Waals surface area contributed by atoms with E-state index in [9.17, 15) is 32.8 Å². The number of carbonyl (C=O) groups is 3. The number of amides is 4. The zero-order chi connectivity index (χ0) is 39.4. The normalized spacial score (nSPS) is 10.9. The number of aromatic nitrogens is 2. The number of anilines is 1. The van der Waals surface area contributed by atoms with Gasteiger partial charge < -0.3 is 31.7 Å². The van der Waals surface area contributed by atoms with Crippen LogP contribution in [0.4, 0.5) is 19.3 Å². The number of rotatable bonds is 14. The lowest BCUT2D eigenvalue weighted by Crippen LogP contribution is -2.39. The number of aliphatic hydroxyl groups is 1. The molecular weight excluding hydrogens is 721 g/mol.